The van der Waals surface area contributed by atoms with E-state index in [-0.39, 0.29) is 6.61 Å². The number of ether oxygens (including phenoxy) is 1. The minimum atomic E-state index is -4.94. The molecule has 0 aliphatic heterocycles. The number of halogens is 1. The van der Waals surface area contributed by atoms with Crippen LogP contribution >= 0.6 is 0 Å². The Labute approximate surface area is 165 Å². The molecule has 1 heterocycles. The van der Waals surface area contributed by atoms with Crippen molar-refractivity contribution in [1.29, 1.82) is 0 Å². The fraction of sp³-hybridized carbons (Fsp3) is 0.150. The Morgan fingerprint density at radius 1 is 0.964 bits per heavy atom. The second-order valence-electron chi connectivity index (χ2n) is 5.68. The van der Waals surface area contributed by atoms with Gasteiger partial charge in [-0.2, -0.15) is 4.68 Å². The quantitative estimate of drug-likeness (QED) is 0.387. The second kappa shape index (κ2) is 9.37. The van der Waals surface area contributed by atoms with E-state index < -0.39 is 10.2 Å². The van der Waals surface area contributed by atoms with Gasteiger partial charge in [0.25, 0.3) is 5.69 Å². The summed E-state index contributed by atoms with van der Waals surface area (Å²) in [6.45, 7) is 0.240. The Hall–Kier alpha value is -2.86. The average molecular weight is 403 g/mol. The van der Waals surface area contributed by atoms with Gasteiger partial charge >= 0.3 is 0 Å². The summed E-state index contributed by atoms with van der Waals surface area (Å²) in [5, 5.41) is 0. The van der Waals surface area contributed by atoms with Crippen molar-refractivity contribution in [2.24, 2.45) is 14.1 Å². The molecule has 0 fully saturated rings. The summed E-state index contributed by atoms with van der Waals surface area (Å²) in [5.74, 6) is 3.37. The SMILES string of the molecule is C#CCOc1c(-c2ccccc2)n(C)[n+](C)c1-c1ccccc1.[O-][Cl+3]([O-])([O-])[O-]. The van der Waals surface area contributed by atoms with Crippen LogP contribution < -0.4 is 28.1 Å². The maximum Gasteiger partial charge on any atom is 0.280 e. The van der Waals surface area contributed by atoms with Crippen LogP contribution in [-0.4, -0.2) is 11.3 Å². The molecule has 28 heavy (non-hydrogen) atoms. The summed E-state index contributed by atoms with van der Waals surface area (Å²) in [6, 6.07) is 20.4. The molecule has 0 N–H and O–H groups in total. The highest BCUT2D eigenvalue weighted by Crippen LogP contribution is 2.37. The normalized spacial score (nSPS) is 10.6. The lowest BCUT2D eigenvalue weighted by Crippen LogP contribution is -2.68. The molecule has 0 aliphatic carbocycles. The van der Waals surface area contributed by atoms with Crippen molar-refractivity contribution in [2.75, 3.05) is 6.61 Å². The lowest BCUT2D eigenvalue weighted by atomic mass is 10.1. The van der Waals surface area contributed by atoms with E-state index in [1.165, 1.54) is 0 Å². The highest BCUT2D eigenvalue weighted by Gasteiger charge is 2.29. The van der Waals surface area contributed by atoms with Crippen LogP contribution in [-0.2, 0) is 14.1 Å². The Balaban J connectivity index is 0.000000500. The lowest BCUT2D eigenvalue weighted by Gasteiger charge is -2.17. The Kier molecular flexibility index (Phi) is 7.18. The third-order valence-corrected chi connectivity index (χ3v) is 3.92. The van der Waals surface area contributed by atoms with Crippen LogP contribution in [0.3, 0.4) is 0 Å². The van der Waals surface area contributed by atoms with Crippen molar-refractivity contribution in [3.8, 4) is 40.6 Å². The third kappa shape index (κ3) is 5.57. The molecule has 0 radical (unpaired) electrons. The summed E-state index contributed by atoms with van der Waals surface area (Å²) in [7, 11) is -0.894. The largest absolute Gasteiger partial charge is 0.472 e. The summed E-state index contributed by atoms with van der Waals surface area (Å²) in [5.41, 5.74) is 4.23. The zero-order chi connectivity index (χ0) is 20.7. The van der Waals surface area contributed by atoms with E-state index in [0.29, 0.717) is 0 Å². The number of hydrogen-bond acceptors (Lipinski definition) is 5. The highest BCUT2D eigenvalue weighted by atomic mass is 35.7. The van der Waals surface area contributed by atoms with Crippen LogP contribution in [0.1, 0.15) is 0 Å². The number of aromatic nitrogens is 2. The zero-order valence-corrected chi connectivity index (χ0v) is 16.1. The number of hydrogen-bond donors (Lipinski definition) is 0. The molecule has 1 aromatic heterocycles. The summed E-state index contributed by atoms with van der Waals surface area (Å²) < 4.78 is 44.1. The zero-order valence-electron chi connectivity index (χ0n) is 15.4. The van der Waals surface area contributed by atoms with Gasteiger partial charge in [-0.1, -0.05) is 54.5 Å². The van der Waals surface area contributed by atoms with E-state index in [4.69, 9.17) is 29.8 Å². The first-order chi connectivity index (χ1) is 13.2. The molecular weight excluding hydrogens is 384 g/mol. The molecule has 0 unspecified atom stereocenters. The van der Waals surface area contributed by atoms with E-state index in [1.807, 2.05) is 50.5 Å². The molecule has 8 heteroatoms. The summed E-state index contributed by atoms with van der Waals surface area (Å²) in [6.07, 6.45) is 5.41. The second-order valence-corrected chi connectivity index (χ2v) is 6.43. The van der Waals surface area contributed by atoms with Crippen LogP contribution in [0.2, 0.25) is 0 Å². The van der Waals surface area contributed by atoms with Crippen molar-refractivity contribution in [3.05, 3.63) is 60.7 Å². The van der Waals surface area contributed by atoms with Crippen LogP contribution in [0, 0.1) is 22.6 Å². The Morgan fingerprint density at radius 3 is 1.89 bits per heavy atom. The van der Waals surface area contributed by atoms with Crippen molar-refractivity contribution in [1.82, 2.24) is 4.68 Å². The maximum absolute atomic E-state index is 8.49. The molecule has 0 amide bonds. The number of nitrogens with zero attached hydrogens (tertiary/aromatic N) is 2. The average Bonchev–Trinajstić information content (AvgIpc) is 2.90. The van der Waals surface area contributed by atoms with Crippen LogP contribution in [0.25, 0.3) is 22.5 Å². The molecule has 146 valence electrons. The minimum absolute atomic E-state index is 0.240. The highest BCUT2D eigenvalue weighted by molar-refractivity contribution is 5.76. The first-order valence-corrected chi connectivity index (χ1v) is 9.35. The van der Waals surface area contributed by atoms with Crippen LogP contribution in [0.5, 0.6) is 5.75 Å². The maximum atomic E-state index is 8.49. The molecule has 0 atom stereocenters. The van der Waals surface area contributed by atoms with Gasteiger partial charge in [0, 0.05) is 5.56 Å². The van der Waals surface area contributed by atoms with Gasteiger partial charge in [0.05, 0.1) is 12.6 Å². The van der Waals surface area contributed by atoms with E-state index in [2.05, 4.69) is 39.5 Å². The molecule has 0 saturated carbocycles. The molecular formula is C20H19ClN2O5. The number of rotatable bonds is 4. The minimum Gasteiger partial charge on any atom is -0.472 e. The van der Waals surface area contributed by atoms with Gasteiger partial charge in [-0.3, -0.25) is 0 Å². The lowest BCUT2D eigenvalue weighted by molar-refractivity contribution is -2.00. The topological polar surface area (TPSA) is 110 Å². The van der Waals surface area contributed by atoms with E-state index >= 15 is 0 Å². The monoisotopic (exact) mass is 402 g/mol. The molecule has 0 bridgehead atoms. The van der Waals surface area contributed by atoms with Gasteiger partial charge in [-0.05, 0) is 12.1 Å². The molecule has 3 aromatic rings. The van der Waals surface area contributed by atoms with Gasteiger partial charge in [0.1, 0.15) is 6.61 Å². The van der Waals surface area contributed by atoms with Gasteiger partial charge in [-0.25, -0.2) is 18.6 Å². The number of benzene rings is 2. The van der Waals surface area contributed by atoms with E-state index in [0.717, 1.165) is 28.3 Å². The molecule has 0 saturated heterocycles. The predicted molar refractivity (Wildman–Crippen MR) is 91.8 cm³/mol. The smallest absolute Gasteiger partial charge is 0.280 e. The van der Waals surface area contributed by atoms with Crippen LogP contribution in [0.15, 0.2) is 60.7 Å². The molecule has 2 aromatic carbocycles. The van der Waals surface area contributed by atoms with Crippen molar-refractivity contribution < 1.29 is 38.3 Å². The van der Waals surface area contributed by atoms with Gasteiger partial charge in [-0.15, -0.1) is 21.3 Å². The van der Waals surface area contributed by atoms with Crippen molar-refractivity contribution >= 4 is 0 Å². The third-order valence-electron chi connectivity index (χ3n) is 3.92. The van der Waals surface area contributed by atoms with Crippen molar-refractivity contribution in [3.63, 3.8) is 0 Å². The van der Waals surface area contributed by atoms with Gasteiger partial charge in [0.15, 0.2) is 12.7 Å². The van der Waals surface area contributed by atoms with Crippen molar-refractivity contribution in [2.45, 2.75) is 0 Å². The predicted octanol–water partition coefficient (Wildman–Crippen LogP) is -1.56. The molecule has 7 nitrogen and oxygen atoms in total. The van der Waals surface area contributed by atoms with Gasteiger partial charge < -0.3 is 4.74 Å². The summed E-state index contributed by atoms with van der Waals surface area (Å²) in [4.78, 5) is 0. The molecule has 3 rings (SSSR count). The standard InChI is InChI=1S/C20H19N2O.ClHO4/c1-4-15-23-20-18(16-11-7-5-8-12-16)21(2)22(3)19(20)17-13-9-6-10-14-17;2-1(3,4)5/h1,5-14H,15H2,2-3H3;(H,2,3,4,5)/q+1;/p-1. The van der Waals surface area contributed by atoms with Gasteiger partial charge in [0.2, 0.25) is 5.75 Å². The fourth-order valence-electron chi connectivity index (χ4n) is 2.78. The molecule has 0 aliphatic rings. The van der Waals surface area contributed by atoms with Crippen LogP contribution in [0.4, 0.5) is 0 Å². The Morgan fingerprint density at radius 2 is 1.43 bits per heavy atom. The fourth-order valence-corrected chi connectivity index (χ4v) is 2.78. The first-order valence-electron chi connectivity index (χ1n) is 8.12. The Bertz CT molecular complexity index is 876. The first kappa shape index (κ1) is 21.4. The molecule has 0 spiro atoms. The van der Waals surface area contributed by atoms with E-state index in [1.54, 1.807) is 0 Å². The van der Waals surface area contributed by atoms with E-state index in [9.17, 15) is 0 Å². The number of terminal acetylenes is 1. The summed E-state index contributed by atoms with van der Waals surface area (Å²) >= 11 is 0.